The number of nitrogens with zero attached hydrogens (tertiary/aromatic N) is 3. The molecule has 4 atom stereocenters. The molecule has 7 nitrogen and oxygen atoms in total. The van der Waals surface area contributed by atoms with Crippen LogP contribution in [0.25, 0.3) is 0 Å². The third-order valence-electron chi connectivity index (χ3n) is 4.60. The molecule has 3 N–H and O–H groups in total. The molecule has 1 aromatic rings. The third-order valence-corrected chi connectivity index (χ3v) is 5.54. The van der Waals surface area contributed by atoms with Crippen LogP contribution in [0.4, 0.5) is 11.8 Å². The van der Waals surface area contributed by atoms with Crippen LogP contribution in [0.3, 0.4) is 0 Å². The van der Waals surface area contributed by atoms with Crippen molar-refractivity contribution in [1.82, 2.24) is 9.97 Å². The number of aromatic nitrogens is 2. The van der Waals surface area contributed by atoms with Gasteiger partial charge in [-0.1, -0.05) is 18.3 Å². The number of fused-ring (bicyclic) bond motifs is 2. The zero-order chi connectivity index (χ0) is 16.4. The fraction of sp³-hybridized carbons (Fsp3) is 0.600. The topological polar surface area (TPSA) is 93.7 Å². The smallest absolute Gasteiger partial charge is 0.222 e. The van der Waals surface area contributed by atoms with E-state index in [1.165, 1.54) is 11.8 Å². The van der Waals surface area contributed by atoms with Crippen LogP contribution in [0.2, 0.25) is 0 Å². The van der Waals surface area contributed by atoms with Crippen molar-refractivity contribution in [3.8, 4) is 0 Å². The minimum Gasteiger partial charge on any atom is -0.396 e. The second kappa shape index (κ2) is 5.07. The Morgan fingerprint density at radius 2 is 2.22 bits per heavy atom. The Hall–Kier alpha value is -1.35. The van der Waals surface area contributed by atoms with Gasteiger partial charge in [0.25, 0.3) is 0 Å². The summed E-state index contributed by atoms with van der Waals surface area (Å²) in [6.45, 7) is 8.02. The molecule has 0 unspecified atom stereocenters. The van der Waals surface area contributed by atoms with E-state index in [2.05, 4.69) is 21.4 Å². The summed E-state index contributed by atoms with van der Waals surface area (Å²) in [5, 5.41) is 10.6. The van der Waals surface area contributed by atoms with Gasteiger partial charge in [-0.15, -0.1) is 0 Å². The number of hydrogen-bond donors (Lipinski definition) is 2. The van der Waals surface area contributed by atoms with Gasteiger partial charge in [0, 0.05) is 18.7 Å². The molecule has 2 fully saturated rings. The molecule has 0 amide bonds. The number of aliphatic hydroxyl groups is 1. The average Bonchev–Trinajstić information content (AvgIpc) is 3.06. The van der Waals surface area contributed by atoms with Crippen LogP contribution in [0.15, 0.2) is 22.7 Å². The first-order valence-corrected chi connectivity index (χ1v) is 8.46. The Morgan fingerprint density at radius 3 is 2.96 bits per heavy atom. The lowest BCUT2D eigenvalue weighted by atomic mass is 10.1. The van der Waals surface area contributed by atoms with Crippen LogP contribution < -0.4 is 10.6 Å². The predicted octanol–water partition coefficient (Wildman–Crippen LogP) is 1.34. The molecular formula is C15H20N4O3S. The zero-order valence-corrected chi connectivity index (χ0v) is 13.9. The summed E-state index contributed by atoms with van der Waals surface area (Å²) < 4.78 is 12.1. The van der Waals surface area contributed by atoms with E-state index in [9.17, 15) is 5.11 Å². The molecule has 2 aliphatic heterocycles. The summed E-state index contributed by atoms with van der Waals surface area (Å²) in [5.74, 6) is 0.389. The van der Waals surface area contributed by atoms with Gasteiger partial charge in [-0.25, -0.2) is 4.98 Å². The van der Waals surface area contributed by atoms with Crippen LogP contribution in [-0.2, 0) is 9.47 Å². The Balaban J connectivity index is 1.71. The summed E-state index contributed by atoms with van der Waals surface area (Å²) in [5.41, 5.74) is 5.76. The van der Waals surface area contributed by atoms with Gasteiger partial charge in [-0.3, -0.25) is 0 Å². The van der Waals surface area contributed by atoms with Crippen LogP contribution in [0, 0.1) is 5.92 Å². The van der Waals surface area contributed by atoms with Crippen molar-refractivity contribution in [2.24, 2.45) is 5.92 Å². The molecule has 3 aliphatic rings. The van der Waals surface area contributed by atoms with Crippen LogP contribution >= 0.6 is 11.8 Å². The number of nitrogens with two attached hydrogens (primary N) is 1. The van der Waals surface area contributed by atoms with Crippen molar-refractivity contribution in [3.63, 3.8) is 0 Å². The number of rotatable bonds is 2. The summed E-state index contributed by atoms with van der Waals surface area (Å²) in [6.07, 6.45) is 2.22. The molecule has 1 aliphatic carbocycles. The molecule has 1 saturated carbocycles. The highest BCUT2D eigenvalue weighted by molar-refractivity contribution is 8.03. The van der Waals surface area contributed by atoms with E-state index < -0.39 is 5.79 Å². The maximum absolute atomic E-state index is 9.72. The Morgan fingerprint density at radius 1 is 1.48 bits per heavy atom. The lowest BCUT2D eigenvalue weighted by Gasteiger charge is -2.31. The first-order valence-electron chi connectivity index (χ1n) is 7.64. The van der Waals surface area contributed by atoms with Crippen LogP contribution in [-0.4, -0.2) is 45.7 Å². The van der Waals surface area contributed by atoms with Gasteiger partial charge in [0.2, 0.25) is 5.95 Å². The second-order valence-electron chi connectivity index (χ2n) is 6.59. The van der Waals surface area contributed by atoms with E-state index in [-0.39, 0.29) is 36.7 Å². The minimum absolute atomic E-state index is 0.00877. The molecule has 0 spiro atoms. The molecule has 0 radical (unpaired) electrons. The van der Waals surface area contributed by atoms with Crippen LogP contribution in [0.1, 0.15) is 20.3 Å². The van der Waals surface area contributed by atoms with E-state index in [4.69, 9.17) is 15.2 Å². The van der Waals surface area contributed by atoms with Crippen molar-refractivity contribution in [2.75, 3.05) is 17.2 Å². The monoisotopic (exact) mass is 336 g/mol. The standard InChI is InChI=1S/C15H20N4O3S/c1-7-19(13-10(23-7)5-17-14(16)18-13)9-4-8(6-20)11-12(9)22-15(2,3)21-11/h5,8-9,11-12,20H,1,4,6H2,2-3H3,(H2,16,17,18)/t8-,9-,11-,12+/m1/s1. The van der Waals surface area contributed by atoms with E-state index in [1.54, 1.807) is 6.20 Å². The highest BCUT2D eigenvalue weighted by Crippen LogP contribution is 2.51. The van der Waals surface area contributed by atoms with E-state index >= 15 is 0 Å². The minimum atomic E-state index is -0.650. The third kappa shape index (κ3) is 2.32. The van der Waals surface area contributed by atoms with Gasteiger partial charge >= 0.3 is 0 Å². The first kappa shape index (κ1) is 15.2. The zero-order valence-electron chi connectivity index (χ0n) is 13.1. The molecule has 0 bridgehead atoms. The largest absolute Gasteiger partial charge is 0.396 e. The SMILES string of the molecule is C=C1Sc2cnc(N)nc2N1[C@@H]1C[C@H](CO)[C@H]2OC(C)(C)O[C@H]21. The van der Waals surface area contributed by atoms with Gasteiger partial charge < -0.3 is 25.2 Å². The fourth-order valence-electron chi connectivity index (χ4n) is 3.74. The lowest BCUT2D eigenvalue weighted by Crippen LogP contribution is -2.41. The number of thioether (sulfide) groups is 1. The van der Waals surface area contributed by atoms with Gasteiger partial charge in [-0.2, -0.15) is 4.98 Å². The molecule has 124 valence electrons. The molecule has 1 aromatic heterocycles. The Bertz CT molecular complexity index is 668. The van der Waals surface area contributed by atoms with Crippen molar-refractivity contribution in [3.05, 3.63) is 17.8 Å². The number of ether oxygens (including phenoxy) is 2. The quantitative estimate of drug-likeness (QED) is 0.836. The van der Waals surface area contributed by atoms with Crippen LogP contribution in [0.5, 0.6) is 0 Å². The molecule has 0 aromatic carbocycles. The summed E-state index contributed by atoms with van der Waals surface area (Å²) in [7, 11) is 0. The van der Waals surface area contributed by atoms with E-state index in [0.29, 0.717) is 0 Å². The van der Waals surface area contributed by atoms with Gasteiger partial charge in [0.15, 0.2) is 11.6 Å². The van der Waals surface area contributed by atoms with Gasteiger partial charge in [0.1, 0.15) is 6.10 Å². The molecule has 1 saturated heterocycles. The van der Waals surface area contributed by atoms with Crippen molar-refractivity contribution in [2.45, 2.75) is 49.2 Å². The molecule has 4 rings (SSSR count). The van der Waals surface area contributed by atoms with Crippen molar-refractivity contribution in [1.29, 1.82) is 0 Å². The van der Waals surface area contributed by atoms with E-state index in [0.717, 1.165) is 22.2 Å². The fourth-order valence-corrected chi connectivity index (χ4v) is 4.66. The summed E-state index contributed by atoms with van der Waals surface area (Å²) in [6, 6.07) is 0.00877. The second-order valence-corrected chi connectivity index (χ2v) is 7.71. The Kier molecular flexibility index (Phi) is 3.35. The molecular weight excluding hydrogens is 316 g/mol. The average molecular weight is 336 g/mol. The molecule has 8 heteroatoms. The first-order chi connectivity index (χ1) is 10.9. The van der Waals surface area contributed by atoms with Gasteiger partial charge in [-0.05, 0) is 20.3 Å². The van der Waals surface area contributed by atoms with Gasteiger partial charge in [0.05, 0.1) is 22.1 Å². The lowest BCUT2D eigenvalue weighted by molar-refractivity contribution is -0.159. The number of nitrogen functional groups attached to an aromatic ring is 1. The van der Waals surface area contributed by atoms with E-state index in [1.807, 2.05) is 13.8 Å². The predicted molar refractivity (Wildman–Crippen MR) is 86.7 cm³/mol. The summed E-state index contributed by atoms with van der Waals surface area (Å²) >= 11 is 1.53. The highest BCUT2D eigenvalue weighted by atomic mass is 32.2. The number of aliphatic hydroxyl groups excluding tert-OH is 1. The van der Waals surface area contributed by atoms with Crippen molar-refractivity contribution >= 4 is 23.5 Å². The van der Waals surface area contributed by atoms with Crippen molar-refractivity contribution < 1.29 is 14.6 Å². The number of hydrogen-bond acceptors (Lipinski definition) is 8. The molecule has 23 heavy (non-hydrogen) atoms. The maximum Gasteiger partial charge on any atom is 0.222 e. The Labute approximate surface area is 138 Å². The summed E-state index contributed by atoms with van der Waals surface area (Å²) in [4.78, 5) is 11.4. The highest BCUT2D eigenvalue weighted by Gasteiger charge is 2.56. The number of anilines is 2. The molecule has 3 heterocycles. The normalized spacial score (nSPS) is 34.7. The maximum atomic E-state index is 9.72.